The van der Waals surface area contributed by atoms with Crippen molar-refractivity contribution < 1.29 is 18.9 Å². The van der Waals surface area contributed by atoms with Crippen LogP contribution in [-0.2, 0) is 9.53 Å². The molecule has 10 heteroatoms. The van der Waals surface area contributed by atoms with Crippen LogP contribution in [0.5, 0.6) is 0 Å². The Hall–Kier alpha value is -4.33. The van der Waals surface area contributed by atoms with Gasteiger partial charge in [-0.2, -0.15) is 5.26 Å². The quantitative estimate of drug-likeness (QED) is 0.208. The number of hydrogen-bond acceptors (Lipinski definition) is 8. The monoisotopic (exact) mass is 500 g/mol. The Balaban J connectivity index is 1.51. The second-order valence-electron chi connectivity index (χ2n) is 7.96. The van der Waals surface area contributed by atoms with E-state index in [0.717, 1.165) is 5.69 Å². The molecule has 0 unspecified atom stereocenters. The number of anilines is 1. The predicted octanol–water partition coefficient (Wildman–Crippen LogP) is 5.00. The lowest BCUT2D eigenvalue weighted by molar-refractivity contribution is -0.384. The maximum Gasteiger partial charge on any atom is 0.269 e. The van der Waals surface area contributed by atoms with E-state index < -0.39 is 4.92 Å². The third-order valence-electron chi connectivity index (χ3n) is 5.80. The number of hydrogen-bond donors (Lipinski definition) is 0. The number of nitro benzene ring substituents is 1. The van der Waals surface area contributed by atoms with Crippen molar-refractivity contribution in [2.24, 2.45) is 0 Å². The van der Waals surface area contributed by atoms with E-state index in [0.29, 0.717) is 54.1 Å². The fourth-order valence-electron chi connectivity index (χ4n) is 3.99. The summed E-state index contributed by atoms with van der Waals surface area (Å²) >= 11 is 1.29. The van der Waals surface area contributed by atoms with E-state index in [4.69, 9.17) is 9.15 Å². The fourth-order valence-corrected chi connectivity index (χ4v) is 4.99. The van der Waals surface area contributed by atoms with E-state index >= 15 is 0 Å². The number of nitrogens with zero attached hydrogens (tertiary/aromatic N) is 4. The number of carbonyl (C=O) groups excluding carboxylic acids is 1. The Labute approximate surface area is 211 Å². The van der Waals surface area contributed by atoms with Gasteiger partial charge in [0.15, 0.2) is 5.76 Å². The first-order chi connectivity index (χ1) is 17.6. The van der Waals surface area contributed by atoms with Gasteiger partial charge in [0.25, 0.3) is 11.6 Å². The molecule has 36 heavy (non-hydrogen) atoms. The maximum atomic E-state index is 13.3. The van der Waals surface area contributed by atoms with Crippen LogP contribution >= 0.6 is 11.8 Å². The van der Waals surface area contributed by atoms with Gasteiger partial charge >= 0.3 is 0 Å². The molecular formula is C26H20N4O5S. The summed E-state index contributed by atoms with van der Waals surface area (Å²) in [6.45, 7) is 1.75. The zero-order valence-electron chi connectivity index (χ0n) is 19.0. The van der Waals surface area contributed by atoms with Gasteiger partial charge in [0.1, 0.15) is 22.4 Å². The van der Waals surface area contributed by atoms with Crippen LogP contribution in [-0.4, -0.2) is 42.0 Å². The first-order valence-electron chi connectivity index (χ1n) is 11.2. The number of non-ortho nitro benzene ring substituents is 1. The molecule has 2 aliphatic heterocycles. The summed E-state index contributed by atoms with van der Waals surface area (Å²) in [6.07, 6.45) is 0. The molecule has 1 saturated heterocycles. The van der Waals surface area contributed by atoms with Gasteiger partial charge < -0.3 is 14.1 Å². The molecule has 0 radical (unpaired) electrons. The van der Waals surface area contributed by atoms with Gasteiger partial charge in [0, 0.05) is 41.9 Å². The molecule has 1 aromatic heterocycles. The van der Waals surface area contributed by atoms with E-state index in [1.165, 1.54) is 23.9 Å². The minimum Gasteiger partial charge on any atom is -0.455 e. The third-order valence-corrected chi connectivity index (χ3v) is 6.75. The van der Waals surface area contributed by atoms with Crippen LogP contribution in [0.4, 0.5) is 11.4 Å². The van der Waals surface area contributed by atoms with Gasteiger partial charge in [0.05, 0.1) is 23.8 Å². The van der Waals surface area contributed by atoms with Crippen LogP contribution in [0.1, 0.15) is 5.76 Å². The average molecular weight is 501 g/mol. The van der Waals surface area contributed by atoms with Crippen LogP contribution in [0, 0.1) is 21.4 Å². The molecular weight excluding hydrogens is 480 g/mol. The lowest BCUT2D eigenvalue weighted by atomic mass is 10.1. The summed E-state index contributed by atoms with van der Waals surface area (Å²) in [5.41, 5.74) is 2.20. The summed E-state index contributed by atoms with van der Waals surface area (Å²) in [5.74, 6) is 0.747. The van der Waals surface area contributed by atoms with Crippen LogP contribution in [0.15, 0.2) is 87.2 Å². The van der Waals surface area contributed by atoms with Crippen LogP contribution in [0.25, 0.3) is 17.0 Å². The largest absolute Gasteiger partial charge is 0.455 e. The van der Waals surface area contributed by atoms with Gasteiger partial charge in [-0.25, -0.2) is 0 Å². The number of thioether (sulfide) groups is 1. The van der Waals surface area contributed by atoms with Crippen molar-refractivity contribution in [2.45, 2.75) is 0 Å². The third kappa shape index (κ3) is 4.49. The van der Waals surface area contributed by atoms with Crippen molar-refractivity contribution in [1.29, 1.82) is 5.26 Å². The normalized spacial score (nSPS) is 16.9. The van der Waals surface area contributed by atoms with E-state index in [-0.39, 0.29) is 17.2 Å². The number of carbonyl (C=O) groups is 1. The molecule has 0 bridgehead atoms. The van der Waals surface area contributed by atoms with Gasteiger partial charge in [-0.15, -0.1) is 0 Å². The van der Waals surface area contributed by atoms with Crippen molar-refractivity contribution in [3.05, 3.63) is 98.6 Å². The predicted molar refractivity (Wildman–Crippen MR) is 135 cm³/mol. The summed E-state index contributed by atoms with van der Waals surface area (Å²) in [5, 5.41) is 23.3. The Morgan fingerprint density at radius 1 is 1.00 bits per heavy atom. The summed E-state index contributed by atoms with van der Waals surface area (Å²) < 4.78 is 11.5. The number of morpholine rings is 1. The number of nitro groups is 1. The van der Waals surface area contributed by atoms with Gasteiger partial charge in [-0.3, -0.25) is 19.8 Å². The number of nitriles is 1. The smallest absolute Gasteiger partial charge is 0.269 e. The van der Waals surface area contributed by atoms with Crippen LogP contribution in [0.3, 0.4) is 0 Å². The Bertz CT molecular complexity index is 1400. The van der Waals surface area contributed by atoms with Gasteiger partial charge in [0.2, 0.25) is 0 Å². The minimum atomic E-state index is -0.450. The average Bonchev–Trinajstić information content (AvgIpc) is 3.58. The second kappa shape index (κ2) is 10.1. The Morgan fingerprint density at radius 2 is 1.69 bits per heavy atom. The molecule has 1 amide bonds. The van der Waals surface area contributed by atoms with Crippen LogP contribution in [0.2, 0.25) is 0 Å². The van der Waals surface area contributed by atoms with E-state index in [1.807, 2.05) is 40.6 Å². The highest BCUT2D eigenvalue weighted by Crippen LogP contribution is 2.45. The first-order valence-corrected chi connectivity index (χ1v) is 12.0. The summed E-state index contributed by atoms with van der Waals surface area (Å²) in [6, 6.07) is 21.3. The number of rotatable bonds is 5. The summed E-state index contributed by atoms with van der Waals surface area (Å²) in [4.78, 5) is 27.3. The molecule has 0 aliphatic carbocycles. The molecule has 5 rings (SSSR count). The molecule has 2 aliphatic rings. The molecule has 0 atom stereocenters. The number of furan rings is 1. The van der Waals surface area contributed by atoms with Crippen molar-refractivity contribution in [2.75, 3.05) is 31.2 Å². The van der Waals surface area contributed by atoms with E-state index in [1.54, 1.807) is 29.2 Å². The number of ether oxygens (including phenoxy) is 1. The topological polar surface area (TPSA) is 113 Å². The zero-order chi connectivity index (χ0) is 25.1. The zero-order valence-corrected chi connectivity index (χ0v) is 19.8. The number of para-hydroxylation sites is 1. The van der Waals surface area contributed by atoms with Gasteiger partial charge in [-0.05, 0) is 36.4 Å². The molecule has 1 fully saturated rings. The van der Waals surface area contributed by atoms with Crippen molar-refractivity contribution in [3.63, 3.8) is 0 Å². The Morgan fingerprint density at radius 3 is 2.36 bits per heavy atom. The molecule has 180 valence electrons. The van der Waals surface area contributed by atoms with Gasteiger partial charge in [-0.1, -0.05) is 30.0 Å². The molecule has 3 aromatic rings. The molecule has 2 aromatic carbocycles. The molecule has 3 heterocycles. The maximum absolute atomic E-state index is 13.3. The summed E-state index contributed by atoms with van der Waals surface area (Å²) in [7, 11) is 0. The van der Waals surface area contributed by atoms with Crippen molar-refractivity contribution in [1.82, 2.24) is 4.90 Å². The van der Waals surface area contributed by atoms with Crippen molar-refractivity contribution >= 4 is 34.7 Å². The standard InChI is InChI=1S/C26H20N4O5S/c27-16-21(25(31)28-12-14-34-15-13-28)26-29(19-4-2-1-3-5-19)22(17-36-26)24-11-10-23(35-24)18-6-8-20(9-7-18)30(32)33/h1-11,17H,12-15H2. The first kappa shape index (κ1) is 23.4. The molecule has 0 spiro atoms. The number of benzene rings is 2. The fraction of sp³-hybridized carbons (Fsp3) is 0.154. The lowest BCUT2D eigenvalue weighted by Crippen LogP contribution is -2.41. The lowest BCUT2D eigenvalue weighted by Gasteiger charge is -2.28. The highest BCUT2D eigenvalue weighted by molar-refractivity contribution is 8.06. The van der Waals surface area contributed by atoms with E-state index in [2.05, 4.69) is 6.07 Å². The molecule has 9 nitrogen and oxygen atoms in total. The SMILES string of the molecule is N#CC(C(=O)N1CCOCC1)=C1SC=C(c2ccc(-c3ccc([N+](=O)[O-])cc3)o2)N1c1ccccc1. The molecule has 0 N–H and O–H groups in total. The Kier molecular flexibility index (Phi) is 6.58. The molecule has 0 saturated carbocycles. The van der Waals surface area contributed by atoms with E-state index in [9.17, 15) is 20.2 Å². The van der Waals surface area contributed by atoms with Crippen molar-refractivity contribution in [3.8, 4) is 17.4 Å². The highest BCUT2D eigenvalue weighted by Gasteiger charge is 2.33. The number of amides is 1. The highest BCUT2D eigenvalue weighted by atomic mass is 32.2. The van der Waals surface area contributed by atoms with Crippen LogP contribution < -0.4 is 4.90 Å². The second-order valence-corrected chi connectivity index (χ2v) is 8.81. The minimum absolute atomic E-state index is 0.000527.